The molecule has 0 bridgehead atoms. The van der Waals surface area contributed by atoms with Gasteiger partial charge in [0.2, 0.25) is 0 Å². The number of carbonyl (C=O) groups excluding carboxylic acids is 1. The molecule has 0 unspecified atom stereocenters. The standard InChI is InChI=1S/C14H16N4O3/c19-13(20)6-3-10-1-4-11(5-2-10)18-14(21)17-9-12-15-7-8-16-12/h1-2,4-5,7-8H,3,6,9H2,(H,15,16)(H,19,20)(H2,17,18,21). The van der Waals surface area contributed by atoms with Crippen molar-refractivity contribution in [3.63, 3.8) is 0 Å². The van der Waals surface area contributed by atoms with Gasteiger partial charge in [0.05, 0.1) is 6.54 Å². The molecule has 0 fully saturated rings. The lowest BCUT2D eigenvalue weighted by Crippen LogP contribution is -2.28. The summed E-state index contributed by atoms with van der Waals surface area (Å²) >= 11 is 0. The summed E-state index contributed by atoms with van der Waals surface area (Å²) in [5.41, 5.74) is 1.56. The first-order valence-corrected chi connectivity index (χ1v) is 6.47. The second-order valence-corrected chi connectivity index (χ2v) is 4.43. The number of carboxylic acid groups (broad SMARTS) is 1. The number of hydrogen-bond acceptors (Lipinski definition) is 3. The molecule has 0 aliphatic carbocycles. The summed E-state index contributed by atoms with van der Waals surface area (Å²) in [5.74, 6) is -0.149. The van der Waals surface area contributed by atoms with E-state index in [-0.39, 0.29) is 12.5 Å². The van der Waals surface area contributed by atoms with Crippen molar-refractivity contribution in [1.29, 1.82) is 0 Å². The number of anilines is 1. The minimum absolute atomic E-state index is 0.0937. The van der Waals surface area contributed by atoms with Crippen molar-refractivity contribution < 1.29 is 14.7 Å². The number of aryl methyl sites for hydroxylation is 1. The number of aliphatic carboxylic acids is 1. The number of imidazole rings is 1. The lowest BCUT2D eigenvalue weighted by molar-refractivity contribution is -0.136. The van der Waals surface area contributed by atoms with E-state index in [9.17, 15) is 9.59 Å². The smallest absolute Gasteiger partial charge is 0.319 e. The van der Waals surface area contributed by atoms with Crippen LogP contribution in [0.3, 0.4) is 0 Å². The van der Waals surface area contributed by atoms with Gasteiger partial charge in [-0.05, 0) is 24.1 Å². The Morgan fingerprint density at radius 3 is 2.62 bits per heavy atom. The summed E-state index contributed by atoms with van der Waals surface area (Å²) in [6, 6.07) is 6.74. The Hall–Kier alpha value is -2.83. The van der Waals surface area contributed by atoms with Crippen LogP contribution >= 0.6 is 0 Å². The summed E-state index contributed by atoms with van der Waals surface area (Å²) in [5, 5.41) is 14.0. The molecule has 0 saturated heterocycles. The fraction of sp³-hybridized carbons (Fsp3) is 0.214. The fourth-order valence-electron chi connectivity index (χ4n) is 1.74. The van der Waals surface area contributed by atoms with Crippen LogP contribution in [0.2, 0.25) is 0 Å². The first-order valence-electron chi connectivity index (χ1n) is 6.47. The normalized spacial score (nSPS) is 10.1. The van der Waals surface area contributed by atoms with E-state index in [1.165, 1.54) is 0 Å². The van der Waals surface area contributed by atoms with Crippen LogP contribution in [0.25, 0.3) is 0 Å². The number of amides is 2. The number of nitrogens with zero attached hydrogens (tertiary/aromatic N) is 1. The molecular formula is C14H16N4O3. The highest BCUT2D eigenvalue weighted by molar-refractivity contribution is 5.89. The van der Waals surface area contributed by atoms with Gasteiger partial charge in [0.1, 0.15) is 5.82 Å². The maximum absolute atomic E-state index is 11.7. The molecule has 0 atom stereocenters. The zero-order valence-corrected chi connectivity index (χ0v) is 11.3. The van der Waals surface area contributed by atoms with E-state index in [4.69, 9.17) is 5.11 Å². The predicted octanol–water partition coefficient (Wildman–Crippen LogP) is 1.75. The number of carbonyl (C=O) groups is 2. The van der Waals surface area contributed by atoms with E-state index in [2.05, 4.69) is 20.6 Å². The largest absolute Gasteiger partial charge is 0.481 e. The van der Waals surface area contributed by atoms with Crippen LogP contribution in [0.5, 0.6) is 0 Å². The lowest BCUT2D eigenvalue weighted by Gasteiger charge is -2.07. The van der Waals surface area contributed by atoms with Gasteiger partial charge in [-0.1, -0.05) is 12.1 Å². The number of hydrogen-bond donors (Lipinski definition) is 4. The molecule has 0 spiro atoms. The minimum atomic E-state index is -0.825. The van der Waals surface area contributed by atoms with E-state index in [1.807, 2.05) is 0 Å². The Bertz CT molecular complexity index is 593. The topological polar surface area (TPSA) is 107 Å². The maximum Gasteiger partial charge on any atom is 0.319 e. The molecule has 1 aromatic carbocycles. The van der Waals surface area contributed by atoms with Crippen molar-refractivity contribution in [2.45, 2.75) is 19.4 Å². The predicted molar refractivity (Wildman–Crippen MR) is 76.8 cm³/mol. The van der Waals surface area contributed by atoms with Gasteiger partial charge in [-0.2, -0.15) is 0 Å². The number of urea groups is 1. The Balaban J connectivity index is 1.79. The quantitative estimate of drug-likeness (QED) is 0.649. The van der Waals surface area contributed by atoms with E-state index >= 15 is 0 Å². The zero-order valence-electron chi connectivity index (χ0n) is 11.3. The highest BCUT2D eigenvalue weighted by atomic mass is 16.4. The van der Waals surface area contributed by atoms with E-state index in [1.54, 1.807) is 36.7 Å². The highest BCUT2D eigenvalue weighted by Crippen LogP contribution is 2.11. The summed E-state index contributed by atoms with van der Waals surface area (Å²) in [4.78, 5) is 29.0. The molecule has 0 saturated carbocycles. The van der Waals surface area contributed by atoms with Crippen LogP contribution in [0.15, 0.2) is 36.7 Å². The SMILES string of the molecule is O=C(O)CCc1ccc(NC(=O)NCc2ncc[nH]2)cc1. The molecule has 0 aliphatic heterocycles. The van der Waals surface area contributed by atoms with Crippen LogP contribution < -0.4 is 10.6 Å². The zero-order chi connectivity index (χ0) is 15.1. The van der Waals surface area contributed by atoms with Gasteiger partial charge in [0.25, 0.3) is 0 Å². The molecule has 110 valence electrons. The fourth-order valence-corrected chi connectivity index (χ4v) is 1.74. The van der Waals surface area contributed by atoms with Crippen LogP contribution in [0.1, 0.15) is 17.8 Å². The van der Waals surface area contributed by atoms with Gasteiger partial charge in [-0.3, -0.25) is 4.79 Å². The minimum Gasteiger partial charge on any atom is -0.481 e. The van der Waals surface area contributed by atoms with Crippen LogP contribution in [-0.2, 0) is 17.8 Å². The Morgan fingerprint density at radius 1 is 1.24 bits per heavy atom. The second kappa shape index (κ2) is 7.09. The molecule has 7 nitrogen and oxygen atoms in total. The number of aromatic nitrogens is 2. The molecule has 0 radical (unpaired) electrons. The lowest BCUT2D eigenvalue weighted by atomic mass is 10.1. The van der Waals surface area contributed by atoms with Gasteiger partial charge in [-0.25, -0.2) is 9.78 Å². The Morgan fingerprint density at radius 2 is 2.00 bits per heavy atom. The van der Waals surface area contributed by atoms with Crippen LogP contribution in [-0.4, -0.2) is 27.1 Å². The summed E-state index contributed by atoms with van der Waals surface area (Å²) in [6.45, 7) is 0.315. The first kappa shape index (κ1) is 14.6. The van der Waals surface area contributed by atoms with E-state index < -0.39 is 5.97 Å². The number of rotatable bonds is 6. The summed E-state index contributed by atoms with van der Waals surface area (Å²) in [6.07, 6.45) is 3.87. The summed E-state index contributed by atoms with van der Waals surface area (Å²) in [7, 11) is 0. The molecule has 1 aromatic heterocycles. The molecule has 2 aromatic rings. The number of nitrogens with one attached hydrogen (secondary N) is 3. The number of carboxylic acids is 1. The third kappa shape index (κ3) is 4.98. The third-order valence-electron chi connectivity index (χ3n) is 2.81. The summed E-state index contributed by atoms with van der Waals surface area (Å²) < 4.78 is 0. The molecule has 7 heteroatoms. The molecule has 4 N–H and O–H groups in total. The average molecular weight is 288 g/mol. The molecule has 21 heavy (non-hydrogen) atoms. The van der Waals surface area contributed by atoms with Crippen LogP contribution in [0.4, 0.5) is 10.5 Å². The Labute approximate surface area is 121 Å². The molecule has 2 rings (SSSR count). The third-order valence-corrected chi connectivity index (χ3v) is 2.81. The van der Waals surface area contributed by atoms with Gasteiger partial charge in [0, 0.05) is 24.5 Å². The monoisotopic (exact) mass is 288 g/mol. The Kier molecular flexibility index (Phi) is 4.92. The highest BCUT2D eigenvalue weighted by Gasteiger charge is 2.03. The second-order valence-electron chi connectivity index (χ2n) is 4.43. The van der Waals surface area contributed by atoms with Crippen molar-refractivity contribution in [3.05, 3.63) is 48.0 Å². The van der Waals surface area contributed by atoms with Gasteiger partial charge >= 0.3 is 12.0 Å². The first-order chi connectivity index (χ1) is 10.1. The number of H-pyrrole nitrogens is 1. The number of benzene rings is 1. The molecule has 0 aliphatic rings. The van der Waals surface area contributed by atoms with Crippen molar-refractivity contribution in [3.8, 4) is 0 Å². The van der Waals surface area contributed by atoms with Crippen molar-refractivity contribution in [2.24, 2.45) is 0 Å². The van der Waals surface area contributed by atoms with Crippen molar-refractivity contribution in [1.82, 2.24) is 15.3 Å². The van der Waals surface area contributed by atoms with Crippen molar-refractivity contribution in [2.75, 3.05) is 5.32 Å². The van der Waals surface area contributed by atoms with Crippen LogP contribution in [0, 0.1) is 0 Å². The number of aromatic amines is 1. The van der Waals surface area contributed by atoms with Gasteiger partial charge in [-0.15, -0.1) is 0 Å². The molecule has 1 heterocycles. The average Bonchev–Trinajstić information content (AvgIpc) is 2.98. The molecule has 2 amide bonds. The van der Waals surface area contributed by atoms with E-state index in [0.29, 0.717) is 24.5 Å². The van der Waals surface area contributed by atoms with Gasteiger partial charge in [0.15, 0.2) is 0 Å². The van der Waals surface area contributed by atoms with E-state index in [0.717, 1.165) is 5.56 Å². The van der Waals surface area contributed by atoms with Crippen molar-refractivity contribution >= 4 is 17.7 Å². The van der Waals surface area contributed by atoms with Gasteiger partial charge < -0.3 is 20.7 Å². The molecular weight excluding hydrogens is 272 g/mol. The maximum atomic E-state index is 11.7.